The van der Waals surface area contributed by atoms with Gasteiger partial charge < -0.3 is 0 Å². The Morgan fingerprint density at radius 2 is 1.95 bits per heavy atom. The maximum Gasteiger partial charge on any atom is 0.0290 e. The molecular formula is C18H24N2S. The number of hydrazine groups is 1. The van der Waals surface area contributed by atoms with Crippen LogP contribution in [0.1, 0.15) is 34.2 Å². The van der Waals surface area contributed by atoms with Crippen molar-refractivity contribution in [3.63, 3.8) is 0 Å². The standard InChI is InChI=1S/C18H24N2S/c1-2-16-9-10-17(21-16)12-18(20-19)15-8-7-13-5-3-4-6-14(13)11-15/h3-6,9-10,15,18,20H,2,7-8,11-12,19H2,1H3. The van der Waals surface area contributed by atoms with E-state index in [-0.39, 0.29) is 0 Å². The zero-order valence-corrected chi connectivity index (χ0v) is 13.5. The van der Waals surface area contributed by atoms with Gasteiger partial charge in [-0.2, -0.15) is 0 Å². The van der Waals surface area contributed by atoms with Crippen molar-refractivity contribution in [3.8, 4) is 0 Å². The first-order valence-corrected chi connectivity index (χ1v) is 8.72. The highest BCUT2D eigenvalue weighted by molar-refractivity contribution is 7.11. The number of nitrogens with two attached hydrogens (primary N) is 1. The highest BCUT2D eigenvalue weighted by Crippen LogP contribution is 2.29. The molecule has 3 heteroatoms. The van der Waals surface area contributed by atoms with Gasteiger partial charge in [0, 0.05) is 15.8 Å². The summed E-state index contributed by atoms with van der Waals surface area (Å²) in [5.74, 6) is 6.50. The van der Waals surface area contributed by atoms with Crippen molar-refractivity contribution in [1.82, 2.24) is 5.43 Å². The van der Waals surface area contributed by atoms with Crippen LogP contribution >= 0.6 is 11.3 Å². The number of nitrogens with one attached hydrogen (secondary N) is 1. The molecule has 0 aliphatic heterocycles. The van der Waals surface area contributed by atoms with E-state index in [1.807, 2.05) is 11.3 Å². The second-order valence-electron chi connectivity index (χ2n) is 5.97. The van der Waals surface area contributed by atoms with Crippen molar-refractivity contribution < 1.29 is 0 Å². The molecule has 21 heavy (non-hydrogen) atoms. The van der Waals surface area contributed by atoms with Crippen LogP contribution in [-0.2, 0) is 25.7 Å². The Hall–Kier alpha value is -1.16. The Labute approximate surface area is 131 Å². The van der Waals surface area contributed by atoms with Crippen molar-refractivity contribution in [2.24, 2.45) is 11.8 Å². The molecule has 0 radical (unpaired) electrons. The maximum absolute atomic E-state index is 5.87. The summed E-state index contributed by atoms with van der Waals surface area (Å²) in [6.45, 7) is 2.21. The van der Waals surface area contributed by atoms with Gasteiger partial charge in [-0.25, -0.2) is 0 Å². The molecule has 0 saturated carbocycles. The van der Waals surface area contributed by atoms with Crippen molar-refractivity contribution in [1.29, 1.82) is 0 Å². The topological polar surface area (TPSA) is 38.0 Å². The van der Waals surface area contributed by atoms with Crippen LogP contribution in [0.25, 0.3) is 0 Å². The minimum atomic E-state index is 0.377. The van der Waals surface area contributed by atoms with Crippen LogP contribution in [0.15, 0.2) is 36.4 Å². The van der Waals surface area contributed by atoms with Gasteiger partial charge in [-0.1, -0.05) is 31.2 Å². The van der Waals surface area contributed by atoms with E-state index in [0.717, 1.165) is 19.3 Å². The lowest BCUT2D eigenvalue weighted by Crippen LogP contribution is -2.44. The SMILES string of the molecule is CCc1ccc(CC(NN)C2CCc3ccccc3C2)s1. The van der Waals surface area contributed by atoms with Gasteiger partial charge in [0.05, 0.1) is 0 Å². The van der Waals surface area contributed by atoms with Gasteiger partial charge in [-0.15, -0.1) is 11.3 Å². The third-order valence-electron chi connectivity index (χ3n) is 4.65. The molecule has 1 aromatic carbocycles. The highest BCUT2D eigenvalue weighted by Gasteiger charge is 2.26. The fraction of sp³-hybridized carbons (Fsp3) is 0.444. The molecule has 0 amide bonds. The molecule has 0 spiro atoms. The minimum absolute atomic E-state index is 0.377. The third-order valence-corrected chi connectivity index (χ3v) is 5.91. The molecule has 2 atom stereocenters. The van der Waals surface area contributed by atoms with E-state index in [9.17, 15) is 0 Å². The van der Waals surface area contributed by atoms with Gasteiger partial charge in [-0.05, 0) is 61.3 Å². The van der Waals surface area contributed by atoms with Gasteiger partial charge in [0.2, 0.25) is 0 Å². The van der Waals surface area contributed by atoms with Gasteiger partial charge in [-0.3, -0.25) is 11.3 Å². The van der Waals surface area contributed by atoms with Crippen LogP contribution in [0, 0.1) is 5.92 Å². The lowest BCUT2D eigenvalue weighted by atomic mass is 9.79. The molecule has 0 fully saturated rings. The Balaban J connectivity index is 1.69. The molecule has 0 saturated heterocycles. The fourth-order valence-corrected chi connectivity index (χ4v) is 4.39. The fourth-order valence-electron chi connectivity index (χ4n) is 3.37. The van der Waals surface area contributed by atoms with Gasteiger partial charge in [0.25, 0.3) is 0 Å². The monoisotopic (exact) mass is 300 g/mol. The van der Waals surface area contributed by atoms with Crippen molar-refractivity contribution in [2.75, 3.05) is 0 Å². The number of benzene rings is 1. The van der Waals surface area contributed by atoms with E-state index in [0.29, 0.717) is 12.0 Å². The second-order valence-corrected chi connectivity index (χ2v) is 7.22. The van der Waals surface area contributed by atoms with Crippen molar-refractivity contribution in [2.45, 2.75) is 45.1 Å². The Bertz CT molecular complexity index is 590. The lowest BCUT2D eigenvalue weighted by molar-refractivity contribution is 0.322. The predicted molar refractivity (Wildman–Crippen MR) is 90.5 cm³/mol. The highest BCUT2D eigenvalue weighted by atomic mass is 32.1. The smallest absolute Gasteiger partial charge is 0.0290 e. The second kappa shape index (κ2) is 6.73. The van der Waals surface area contributed by atoms with Crippen LogP contribution in [0.3, 0.4) is 0 Å². The quantitative estimate of drug-likeness (QED) is 0.655. The van der Waals surface area contributed by atoms with E-state index in [1.165, 1.54) is 33.7 Å². The van der Waals surface area contributed by atoms with Crippen molar-refractivity contribution >= 4 is 11.3 Å². The predicted octanol–water partition coefficient (Wildman–Crippen LogP) is 3.49. The van der Waals surface area contributed by atoms with E-state index in [4.69, 9.17) is 5.84 Å². The van der Waals surface area contributed by atoms with E-state index >= 15 is 0 Å². The number of fused-ring (bicyclic) bond motifs is 1. The van der Waals surface area contributed by atoms with E-state index in [2.05, 4.69) is 48.7 Å². The number of hydrogen-bond acceptors (Lipinski definition) is 3. The Morgan fingerprint density at radius 3 is 2.67 bits per heavy atom. The normalized spacial score (nSPS) is 19.2. The molecule has 0 bridgehead atoms. The van der Waals surface area contributed by atoms with Crippen LogP contribution in [-0.4, -0.2) is 6.04 Å². The summed E-state index contributed by atoms with van der Waals surface area (Å²) < 4.78 is 0. The molecule has 112 valence electrons. The summed E-state index contributed by atoms with van der Waals surface area (Å²) in [5, 5.41) is 0. The Kier molecular flexibility index (Phi) is 4.73. The molecule has 1 aliphatic carbocycles. The molecule has 3 rings (SSSR count). The first-order chi connectivity index (χ1) is 10.3. The molecule has 2 nitrogen and oxygen atoms in total. The summed E-state index contributed by atoms with van der Waals surface area (Å²) in [5.41, 5.74) is 6.12. The molecular weight excluding hydrogens is 276 g/mol. The van der Waals surface area contributed by atoms with E-state index in [1.54, 1.807) is 0 Å². The van der Waals surface area contributed by atoms with E-state index < -0.39 is 0 Å². The zero-order chi connectivity index (χ0) is 14.7. The minimum Gasteiger partial charge on any atom is -0.271 e. The number of rotatable bonds is 5. The van der Waals surface area contributed by atoms with Crippen LogP contribution < -0.4 is 11.3 Å². The first kappa shape index (κ1) is 14.8. The number of hydrogen-bond donors (Lipinski definition) is 2. The molecule has 3 N–H and O–H groups in total. The average molecular weight is 300 g/mol. The summed E-state index contributed by atoms with van der Waals surface area (Å²) in [6, 6.07) is 13.7. The summed E-state index contributed by atoms with van der Waals surface area (Å²) in [6.07, 6.45) is 5.74. The first-order valence-electron chi connectivity index (χ1n) is 7.90. The summed E-state index contributed by atoms with van der Waals surface area (Å²) >= 11 is 1.93. The molecule has 2 aromatic rings. The largest absolute Gasteiger partial charge is 0.271 e. The van der Waals surface area contributed by atoms with Crippen LogP contribution in [0.4, 0.5) is 0 Å². The maximum atomic E-state index is 5.87. The molecule has 2 unspecified atom stereocenters. The zero-order valence-electron chi connectivity index (χ0n) is 12.6. The molecule has 1 aromatic heterocycles. The Morgan fingerprint density at radius 1 is 1.19 bits per heavy atom. The lowest BCUT2D eigenvalue weighted by Gasteiger charge is -2.31. The molecule has 1 aliphatic rings. The van der Waals surface area contributed by atoms with Gasteiger partial charge in [0.15, 0.2) is 0 Å². The third kappa shape index (κ3) is 3.37. The van der Waals surface area contributed by atoms with Crippen molar-refractivity contribution in [3.05, 3.63) is 57.3 Å². The van der Waals surface area contributed by atoms with Gasteiger partial charge >= 0.3 is 0 Å². The molecule has 1 heterocycles. The average Bonchev–Trinajstić information content (AvgIpc) is 3.00. The summed E-state index contributed by atoms with van der Waals surface area (Å²) in [4.78, 5) is 2.92. The van der Waals surface area contributed by atoms with Crippen LogP contribution in [0.2, 0.25) is 0 Å². The number of thiophene rings is 1. The van der Waals surface area contributed by atoms with Crippen LogP contribution in [0.5, 0.6) is 0 Å². The van der Waals surface area contributed by atoms with Gasteiger partial charge in [0.1, 0.15) is 0 Å². The summed E-state index contributed by atoms with van der Waals surface area (Å²) in [7, 11) is 0. The number of aryl methyl sites for hydroxylation is 2.